The zero-order valence-corrected chi connectivity index (χ0v) is 11.1. The predicted molar refractivity (Wildman–Crippen MR) is 72.9 cm³/mol. The molecule has 108 valence electrons. The molecule has 0 aliphatic carbocycles. The van der Waals surface area contributed by atoms with Gasteiger partial charge in [-0.1, -0.05) is 0 Å². The summed E-state index contributed by atoms with van der Waals surface area (Å²) in [6.45, 7) is 1.64. The molecule has 8 nitrogen and oxygen atoms in total. The van der Waals surface area contributed by atoms with Gasteiger partial charge in [0.2, 0.25) is 0 Å². The van der Waals surface area contributed by atoms with Gasteiger partial charge in [-0.3, -0.25) is 0 Å². The lowest BCUT2D eigenvalue weighted by Gasteiger charge is -2.27. The van der Waals surface area contributed by atoms with Crippen LogP contribution in [0.4, 0.5) is 10.5 Å². The van der Waals surface area contributed by atoms with E-state index in [1.54, 1.807) is 23.4 Å². The number of nitrogens with zero attached hydrogens (tertiary/aromatic N) is 4. The van der Waals surface area contributed by atoms with E-state index in [0.717, 1.165) is 5.82 Å². The minimum absolute atomic E-state index is 0.180. The van der Waals surface area contributed by atoms with E-state index in [1.807, 2.05) is 4.57 Å². The predicted octanol–water partition coefficient (Wildman–Crippen LogP) is 1.02. The highest BCUT2D eigenvalue weighted by atomic mass is 16.4. The van der Waals surface area contributed by atoms with Gasteiger partial charge >= 0.3 is 12.0 Å². The minimum Gasteiger partial charge on any atom is -0.478 e. The van der Waals surface area contributed by atoms with Crippen LogP contribution in [-0.2, 0) is 13.1 Å². The molecule has 3 rings (SSSR count). The van der Waals surface area contributed by atoms with Crippen molar-refractivity contribution in [2.75, 3.05) is 11.9 Å². The summed E-state index contributed by atoms with van der Waals surface area (Å²) in [4.78, 5) is 24.6. The zero-order chi connectivity index (χ0) is 14.8. The van der Waals surface area contributed by atoms with E-state index >= 15 is 0 Å². The second-order valence-corrected chi connectivity index (χ2v) is 4.67. The van der Waals surface area contributed by atoms with E-state index < -0.39 is 5.97 Å². The number of hydrogen-bond acceptors (Lipinski definition) is 4. The number of urea groups is 1. The van der Waals surface area contributed by atoms with Gasteiger partial charge in [0.05, 0.1) is 12.1 Å². The molecule has 0 spiro atoms. The monoisotopic (exact) mass is 287 g/mol. The van der Waals surface area contributed by atoms with E-state index in [0.29, 0.717) is 25.3 Å². The Morgan fingerprint density at radius 3 is 2.67 bits per heavy atom. The van der Waals surface area contributed by atoms with Gasteiger partial charge in [0.15, 0.2) is 5.82 Å². The van der Waals surface area contributed by atoms with Crippen molar-refractivity contribution >= 4 is 17.7 Å². The highest BCUT2D eigenvalue weighted by Gasteiger charge is 2.21. The Morgan fingerprint density at radius 1 is 1.19 bits per heavy atom. The number of amides is 2. The summed E-state index contributed by atoms with van der Waals surface area (Å²) in [6.07, 6.45) is 1.65. The lowest BCUT2D eigenvalue weighted by molar-refractivity contribution is 0.0697. The molecule has 0 atom stereocenters. The molecule has 2 aromatic rings. The summed E-state index contributed by atoms with van der Waals surface area (Å²) < 4.78 is 1.91. The highest BCUT2D eigenvalue weighted by molar-refractivity contribution is 5.91. The van der Waals surface area contributed by atoms with Crippen LogP contribution in [0.3, 0.4) is 0 Å². The van der Waals surface area contributed by atoms with E-state index in [1.165, 1.54) is 12.1 Å². The molecular formula is C13H13N5O3. The van der Waals surface area contributed by atoms with E-state index in [9.17, 15) is 9.59 Å². The molecule has 2 heterocycles. The summed E-state index contributed by atoms with van der Waals surface area (Å²) >= 11 is 0. The Bertz CT molecular complexity index is 679. The van der Waals surface area contributed by atoms with Crippen LogP contribution in [0, 0.1) is 0 Å². The number of rotatable bonds is 2. The average molecular weight is 287 g/mol. The van der Waals surface area contributed by atoms with Crippen molar-refractivity contribution in [3.8, 4) is 0 Å². The largest absolute Gasteiger partial charge is 0.478 e. The summed E-state index contributed by atoms with van der Waals surface area (Å²) in [6, 6.07) is 5.78. The number of anilines is 1. The molecule has 21 heavy (non-hydrogen) atoms. The van der Waals surface area contributed by atoms with E-state index in [4.69, 9.17) is 5.11 Å². The van der Waals surface area contributed by atoms with Gasteiger partial charge in [-0.25, -0.2) is 9.59 Å². The first-order valence-electron chi connectivity index (χ1n) is 6.39. The fraction of sp³-hybridized carbons (Fsp3) is 0.231. The fourth-order valence-electron chi connectivity index (χ4n) is 2.14. The average Bonchev–Trinajstić information content (AvgIpc) is 2.95. The maximum atomic E-state index is 12.2. The quantitative estimate of drug-likeness (QED) is 0.859. The molecule has 2 N–H and O–H groups in total. The van der Waals surface area contributed by atoms with Crippen molar-refractivity contribution < 1.29 is 14.7 Å². The molecule has 0 radical (unpaired) electrons. The normalized spacial score (nSPS) is 13.6. The van der Waals surface area contributed by atoms with Crippen molar-refractivity contribution in [2.24, 2.45) is 0 Å². The second kappa shape index (κ2) is 5.23. The maximum absolute atomic E-state index is 12.2. The summed E-state index contributed by atoms with van der Waals surface area (Å²) in [5, 5.41) is 19.3. The van der Waals surface area contributed by atoms with Gasteiger partial charge in [0.1, 0.15) is 6.33 Å². The summed E-state index contributed by atoms with van der Waals surface area (Å²) in [5.41, 5.74) is 0.733. The van der Waals surface area contributed by atoms with Gasteiger partial charge in [0.25, 0.3) is 0 Å². The number of carboxylic acids is 1. The number of nitrogens with one attached hydrogen (secondary N) is 1. The molecule has 0 fully saturated rings. The van der Waals surface area contributed by atoms with Crippen LogP contribution in [0.25, 0.3) is 0 Å². The summed E-state index contributed by atoms with van der Waals surface area (Å²) in [5.74, 6) is -0.249. The van der Waals surface area contributed by atoms with Crippen LogP contribution in [0.2, 0.25) is 0 Å². The Kier molecular flexibility index (Phi) is 3.27. The fourth-order valence-corrected chi connectivity index (χ4v) is 2.14. The standard InChI is InChI=1S/C13H13N5O3/c19-12(20)9-1-3-10(4-2-9)15-13(21)17-5-6-18-8-14-16-11(18)7-17/h1-4,8H,5-7H2,(H,15,21)(H,19,20). The van der Waals surface area contributed by atoms with Crippen molar-refractivity contribution in [1.82, 2.24) is 19.7 Å². The smallest absolute Gasteiger partial charge is 0.335 e. The molecular weight excluding hydrogens is 274 g/mol. The zero-order valence-electron chi connectivity index (χ0n) is 11.1. The van der Waals surface area contributed by atoms with Crippen molar-refractivity contribution in [3.63, 3.8) is 0 Å². The SMILES string of the molecule is O=C(O)c1ccc(NC(=O)N2CCn3cnnc3C2)cc1. The van der Waals surface area contributed by atoms with Gasteiger partial charge in [-0.05, 0) is 24.3 Å². The van der Waals surface area contributed by atoms with Crippen molar-refractivity contribution in [3.05, 3.63) is 42.0 Å². The highest BCUT2D eigenvalue weighted by Crippen LogP contribution is 2.13. The van der Waals surface area contributed by atoms with Gasteiger partial charge in [-0.15, -0.1) is 10.2 Å². The van der Waals surface area contributed by atoms with Crippen molar-refractivity contribution in [1.29, 1.82) is 0 Å². The van der Waals surface area contributed by atoms with Crippen LogP contribution in [0.5, 0.6) is 0 Å². The molecule has 0 saturated heterocycles. The number of aromatic carboxylic acids is 1. The van der Waals surface area contributed by atoms with Crippen molar-refractivity contribution in [2.45, 2.75) is 13.1 Å². The lowest BCUT2D eigenvalue weighted by Crippen LogP contribution is -2.40. The third-order valence-electron chi connectivity index (χ3n) is 3.31. The number of carboxylic acid groups (broad SMARTS) is 1. The van der Waals surface area contributed by atoms with Crippen LogP contribution >= 0.6 is 0 Å². The van der Waals surface area contributed by atoms with Gasteiger partial charge in [-0.2, -0.15) is 0 Å². The molecule has 1 aliphatic heterocycles. The molecule has 1 aromatic carbocycles. The second-order valence-electron chi connectivity index (χ2n) is 4.67. The lowest BCUT2D eigenvalue weighted by atomic mass is 10.2. The number of carbonyl (C=O) groups is 2. The number of fused-ring (bicyclic) bond motifs is 1. The number of aromatic nitrogens is 3. The molecule has 0 unspecified atom stereocenters. The number of benzene rings is 1. The maximum Gasteiger partial charge on any atom is 0.335 e. The topological polar surface area (TPSA) is 100 Å². The molecule has 0 bridgehead atoms. The van der Waals surface area contributed by atoms with E-state index in [-0.39, 0.29) is 11.6 Å². The molecule has 8 heteroatoms. The first kappa shape index (κ1) is 13.1. The molecule has 0 saturated carbocycles. The Balaban J connectivity index is 1.65. The first-order chi connectivity index (χ1) is 10.1. The Hall–Kier alpha value is -2.90. The summed E-state index contributed by atoms with van der Waals surface area (Å²) in [7, 11) is 0. The molecule has 1 aromatic heterocycles. The Labute approximate surface area is 120 Å². The van der Waals surface area contributed by atoms with Crippen LogP contribution in [0.15, 0.2) is 30.6 Å². The third-order valence-corrected chi connectivity index (χ3v) is 3.31. The van der Waals surface area contributed by atoms with Crippen LogP contribution in [-0.4, -0.2) is 43.3 Å². The number of carbonyl (C=O) groups excluding carboxylic acids is 1. The first-order valence-corrected chi connectivity index (χ1v) is 6.39. The number of hydrogen-bond donors (Lipinski definition) is 2. The minimum atomic E-state index is -0.997. The molecule has 1 aliphatic rings. The molecule has 2 amide bonds. The van der Waals surface area contributed by atoms with Crippen LogP contribution in [0.1, 0.15) is 16.2 Å². The van der Waals surface area contributed by atoms with Crippen LogP contribution < -0.4 is 5.32 Å². The third kappa shape index (κ3) is 2.69. The van der Waals surface area contributed by atoms with Gasteiger partial charge in [0, 0.05) is 18.8 Å². The Morgan fingerprint density at radius 2 is 1.95 bits per heavy atom. The van der Waals surface area contributed by atoms with Gasteiger partial charge < -0.3 is 19.9 Å². The van der Waals surface area contributed by atoms with E-state index in [2.05, 4.69) is 15.5 Å².